The number of nitrogens with zero attached hydrogens (tertiary/aromatic N) is 2. The smallest absolute Gasteiger partial charge is 0.239 e. The zero-order valence-corrected chi connectivity index (χ0v) is 11.1. The Balaban J connectivity index is 1.70. The summed E-state index contributed by atoms with van der Waals surface area (Å²) in [4.78, 5) is 7.77. The molecule has 6 heteroatoms. The molecule has 0 aliphatic heterocycles. The molecular weight excluding hydrogens is 245 g/mol. The van der Waals surface area contributed by atoms with Gasteiger partial charge in [-0.15, -0.1) is 0 Å². The average molecular weight is 265 g/mol. The number of halogens is 1. The maximum absolute atomic E-state index is 13.7. The highest BCUT2D eigenvalue weighted by Crippen LogP contribution is 2.49. The number of rotatable bonds is 4. The fraction of sp³-hybridized carbons (Fsp3) is 0.692. The second-order valence-corrected chi connectivity index (χ2v) is 5.81. The first-order valence-corrected chi connectivity index (χ1v) is 6.93. The van der Waals surface area contributed by atoms with Crippen LogP contribution in [0.2, 0.25) is 0 Å². The lowest BCUT2D eigenvalue weighted by atomic mass is 9.84. The Labute approximate surface area is 112 Å². The van der Waals surface area contributed by atoms with Crippen LogP contribution in [0.25, 0.3) is 0 Å². The van der Waals surface area contributed by atoms with E-state index in [2.05, 4.69) is 27.6 Å². The van der Waals surface area contributed by atoms with Crippen molar-refractivity contribution in [2.24, 2.45) is 23.6 Å². The summed E-state index contributed by atoms with van der Waals surface area (Å²) in [6.07, 6.45) is 6.43. The van der Waals surface area contributed by atoms with Crippen molar-refractivity contribution in [2.75, 3.05) is 10.7 Å². The van der Waals surface area contributed by atoms with Crippen molar-refractivity contribution >= 4 is 11.8 Å². The summed E-state index contributed by atoms with van der Waals surface area (Å²) in [5.74, 6) is 7.58. The van der Waals surface area contributed by atoms with Crippen LogP contribution in [-0.2, 0) is 0 Å². The second kappa shape index (κ2) is 4.92. The first-order chi connectivity index (χ1) is 9.17. The number of hydrogen-bond donors (Lipinski definition) is 3. The van der Waals surface area contributed by atoms with Gasteiger partial charge in [0, 0.05) is 6.04 Å². The van der Waals surface area contributed by atoms with Crippen LogP contribution in [0.3, 0.4) is 0 Å². The highest BCUT2D eigenvalue weighted by molar-refractivity contribution is 5.41. The van der Waals surface area contributed by atoms with Gasteiger partial charge in [0.1, 0.15) is 0 Å². The molecule has 0 radical (unpaired) electrons. The third kappa shape index (κ3) is 2.36. The summed E-state index contributed by atoms with van der Waals surface area (Å²) in [6, 6.07) is 0.227. The highest BCUT2D eigenvalue weighted by Gasteiger charge is 2.41. The molecule has 0 saturated heterocycles. The Bertz CT molecular complexity index is 466. The number of hydrogen-bond acceptors (Lipinski definition) is 5. The molecule has 2 saturated carbocycles. The topological polar surface area (TPSA) is 75.9 Å². The Kier molecular flexibility index (Phi) is 3.26. The largest absolute Gasteiger partial charge is 0.365 e. The number of hydrazine groups is 1. The van der Waals surface area contributed by atoms with Crippen LogP contribution in [0.4, 0.5) is 16.2 Å². The van der Waals surface area contributed by atoms with Gasteiger partial charge in [-0.3, -0.25) is 5.43 Å². The van der Waals surface area contributed by atoms with E-state index in [1.165, 1.54) is 25.7 Å². The molecule has 1 aromatic heterocycles. The van der Waals surface area contributed by atoms with Gasteiger partial charge < -0.3 is 5.32 Å². The SMILES string of the molecule is CC(Nc1nc(NN)ncc1F)C1CC2CCC1C2. The minimum atomic E-state index is -0.436. The van der Waals surface area contributed by atoms with Gasteiger partial charge in [-0.1, -0.05) is 6.42 Å². The summed E-state index contributed by atoms with van der Waals surface area (Å²) in [6.45, 7) is 2.11. The van der Waals surface area contributed by atoms with Gasteiger partial charge in [-0.2, -0.15) is 4.98 Å². The van der Waals surface area contributed by atoms with Gasteiger partial charge in [0.05, 0.1) is 6.20 Å². The van der Waals surface area contributed by atoms with Crippen LogP contribution in [0.1, 0.15) is 32.6 Å². The maximum Gasteiger partial charge on any atom is 0.239 e. The van der Waals surface area contributed by atoms with Gasteiger partial charge in [0.2, 0.25) is 5.95 Å². The molecule has 1 heterocycles. The number of nitrogens with one attached hydrogen (secondary N) is 2. The number of aromatic nitrogens is 2. The molecule has 19 heavy (non-hydrogen) atoms. The first kappa shape index (κ1) is 12.6. The molecule has 5 nitrogen and oxygen atoms in total. The quantitative estimate of drug-likeness (QED) is 0.574. The standard InChI is InChI=1S/C13H20FN5/c1-7(10-5-8-2-3-9(10)4-8)17-12-11(14)6-16-13(18-12)19-15/h6-10H,2-5,15H2,1H3,(H2,16,17,18,19). The molecule has 0 amide bonds. The molecule has 4 unspecified atom stereocenters. The molecule has 104 valence electrons. The maximum atomic E-state index is 13.7. The molecular formula is C13H20FN5. The lowest BCUT2D eigenvalue weighted by Gasteiger charge is -2.29. The summed E-state index contributed by atoms with van der Waals surface area (Å²) < 4.78 is 13.7. The van der Waals surface area contributed by atoms with E-state index in [1.807, 2.05) is 0 Å². The molecule has 1 aromatic rings. The lowest BCUT2D eigenvalue weighted by Crippen LogP contribution is -2.30. The summed E-state index contributed by atoms with van der Waals surface area (Å²) in [5, 5.41) is 3.19. The minimum Gasteiger partial charge on any atom is -0.365 e. The molecule has 3 rings (SSSR count). The van der Waals surface area contributed by atoms with E-state index in [1.54, 1.807) is 0 Å². The van der Waals surface area contributed by atoms with Gasteiger partial charge in [-0.25, -0.2) is 15.2 Å². The molecule has 4 atom stereocenters. The first-order valence-electron chi connectivity index (χ1n) is 6.93. The van der Waals surface area contributed by atoms with Crippen LogP contribution in [0.5, 0.6) is 0 Å². The predicted octanol–water partition coefficient (Wildman–Crippen LogP) is 2.14. The normalized spacial score (nSPS) is 30.4. The minimum absolute atomic E-state index is 0.226. The highest BCUT2D eigenvalue weighted by atomic mass is 19.1. The fourth-order valence-electron chi connectivity index (χ4n) is 3.77. The van der Waals surface area contributed by atoms with Gasteiger partial charge in [-0.05, 0) is 43.9 Å². The van der Waals surface area contributed by atoms with Crippen molar-refractivity contribution in [3.63, 3.8) is 0 Å². The Morgan fingerprint density at radius 1 is 1.42 bits per heavy atom. The van der Waals surface area contributed by atoms with Crippen molar-refractivity contribution < 1.29 is 4.39 Å². The third-order valence-electron chi connectivity index (χ3n) is 4.67. The van der Waals surface area contributed by atoms with E-state index in [9.17, 15) is 4.39 Å². The molecule has 2 aliphatic carbocycles. The predicted molar refractivity (Wildman–Crippen MR) is 71.8 cm³/mol. The van der Waals surface area contributed by atoms with Crippen molar-refractivity contribution in [1.29, 1.82) is 0 Å². The Morgan fingerprint density at radius 3 is 2.89 bits per heavy atom. The molecule has 2 fully saturated rings. The van der Waals surface area contributed by atoms with E-state index in [4.69, 9.17) is 5.84 Å². The number of nitrogen functional groups attached to an aromatic ring is 1. The van der Waals surface area contributed by atoms with Crippen molar-refractivity contribution in [3.05, 3.63) is 12.0 Å². The average Bonchev–Trinajstić information content (AvgIpc) is 3.03. The monoisotopic (exact) mass is 265 g/mol. The zero-order valence-electron chi connectivity index (χ0n) is 11.1. The second-order valence-electron chi connectivity index (χ2n) is 5.81. The van der Waals surface area contributed by atoms with E-state index in [0.29, 0.717) is 5.92 Å². The number of anilines is 2. The van der Waals surface area contributed by atoms with E-state index < -0.39 is 5.82 Å². The van der Waals surface area contributed by atoms with Gasteiger partial charge >= 0.3 is 0 Å². The van der Waals surface area contributed by atoms with E-state index >= 15 is 0 Å². The summed E-state index contributed by atoms with van der Waals surface area (Å²) in [7, 11) is 0. The van der Waals surface area contributed by atoms with Gasteiger partial charge in [0.15, 0.2) is 11.6 Å². The van der Waals surface area contributed by atoms with Gasteiger partial charge in [0.25, 0.3) is 0 Å². The van der Waals surface area contributed by atoms with Crippen LogP contribution in [0.15, 0.2) is 6.20 Å². The Morgan fingerprint density at radius 2 is 2.26 bits per heavy atom. The summed E-state index contributed by atoms with van der Waals surface area (Å²) in [5.41, 5.74) is 2.34. The van der Waals surface area contributed by atoms with Crippen LogP contribution >= 0.6 is 0 Å². The van der Waals surface area contributed by atoms with Crippen molar-refractivity contribution in [2.45, 2.75) is 38.6 Å². The molecule has 0 aromatic carbocycles. The zero-order chi connectivity index (χ0) is 13.4. The lowest BCUT2D eigenvalue weighted by molar-refractivity contribution is 0.303. The number of fused-ring (bicyclic) bond motifs is 2. The van der Waals surface area contributed by atoms with Crippen molar-refractivity contribution in [3.8, 4) is 0 Å². The third-order valence-corrected chi connectivity index (χ3v) is 4.67. The number of nitrogens with two attached hydrogens (primary N) is 1. The molecule has 4 N–H and O–H groups in total. The summed E-state index contributed by atoms with van der Waals surface area (Å²) >= 11 is 0. The molecule has 0 spiro atoms. The van der Waals surface area contributed by atoms with Crippen molar-refractivity contribution in [1.82, 2.24) is 9.97 Å². The van der Waals surface area contributed by atoms with E-state index in [-0.39, 0.29) is 17.8 Å². The van der Waals surface area contributed by atoms with E-state index in [0.717, 1.165) is 18.0 Å². The fourth-order valence-corrected chi connectivity index (χ4v) is 3.77. The molecule has 2 aliphatic rings. The van der Waals surface area contributed by atoms with Crippen LogP contribution < -0.4 is 16.6 Å². The van der Waals surface area contributed by atoms with Crippen LogP contribution in [-0.4, -0.2) is 16.0 Å². The molecule has 2 bridgehead atoms. The Hall–Kier alpha value is -1.43. The van der Waals surface area contributed by atoms with Crippen LogP contribution in [0, 0.1) is 23.6 Å².